The van der Waals surface area contributed by atoms with Gasteiger partial charge in [0.2, 0.25) is 0 Å². The number of benzene rings is 1. The van der Waals surface area contributed by atoms with Gasteiger partial charge in [-0.05, 0) is 61.6 Å². The number of aliphatic hydroxyl groups is 1. The maximum Gasteiger partial charge on any atom is 0.0634 e. The van der Waals surface area contributed by atoms with Gasteiger partial charge in [-0.2, -0.15) is 0 Å². The second-order valence-electron chi connectivity index (χ2n) is 6.50. The van der Waals surface area contributed by atoms with Crippen LogP contribution in [0, 0.1) is 5.92 Å². The first kappa shape index (κ1) is 11.9. The third-order valence-corrected chi connectivity index (χ3v) is 5.25. The van der Waals surface area contributed by atoms with Crippen LogP contribution in [0.5, 0.6) is 0 Å². The summed E-state index contributed by atoms with van der Waals surface area (Å²) >= 11 is 0. The highest BCUT2D eigenvalue weighted by atomic mass is 16.5. The molecule has 19 heavy (non-hydrogen) atoms. The molecule has 4 rings (SSSR count). The molecule has 2 heterocycles. The van der Waals surface area contributed by atoms with Crippen molar-refractivity contribution in [2.75, 3.05) is 0 Å². The van der Waals surface area contributed by atoms with Crippen LogP contribution < -0.4 is 0 Å². The van der Waals surface area contributed by atoms with Crippen LogP contribution in [0.15, 0.2) is 18.2 Å². The van der Waals surface area contributed by atoms with E-state index < -0.39 is 0 Å². The van der Waals surface area contributed by atoms with Gasteiger partial charge in [-0.25, -0.2) is 0 Å². The van der Waals surface area contributed by atoms with E-state index in [1.807, 2.05) is 0 Å². The van der Waals surface area contributed by atoms with E-state index in [1.54, 1.807) is 0 Å². The van der Waals surface area contributed by atoms with Crippen molar-refractivity contribution in [3.63, 3.8) is 0 Å². The fraction of sp³-hybridized carbons (Fsp3) is 0.647. The first-order valence-electron chi connectivity index (χ1n) is 7.74. The minimum Gasteiger partial charge on any atom is -0.392 e. The first-order chi connectivity index (χ1) is 9.29. The Morgan fingerprint density at radius 2 is 2.11 bits per heavy atom. The molecule has 2 heteroatoms. The Kier molecular flexibility index (Phi) is 2.89. The van der Waals surface area contributed by atoms with E-state index in [-0.39, 0.29) is 6.10 Å². The van der Waals surface area contributed by atoms with E-state index >= 15 is 0 Å². The average Bonchev–Trinajstić information content (AvgIpc) is 3.13. The Hall–Kier alpha value is -0.860. The second kappa shape index (κ2) is 4.60. The van der Waals surface area contributed by atoms with Crippen molar-refractivity contribution in [2.45, 2.75) is 63.3 Å². The largest absolute Gasteiger partial charge is 0.392 e. The zero-order valence-electron chi connectivity index (χ0n) is 11.3. The number of hydrogen-bond donors (Lipinski definition) is 1. The van der Waals surface area contributed by atoms with Crippen molar-refractivity contribution in [3.8, 4) is 0 Å². The topological polar surface area (TPSA) is 29.5 Å². The molecule has 0 aromatic heterocycles. The minimum atomic E-state index is -0.227. The van der Waals surface area contributed by atoms with Gasteiger partial charge in [0.1, 0.15) is 0 Å². The molecule has 0 spiro atoms. The fourth-order valence-electron chi connectivity index (χ4n) is 4.23. The summed E-state index contributed by atoms with van der Waals surface area (Å²) in [7, 11) is 0. The molecule has 0 radical (unpaired) electrons. The summed E-state index contributed by atoms with van der Waals surface area (Å²) < 4.78 is 5.86. The number of ether oxygens (including phenoxy) is 1. The van der Waals surface area contributed by atoms with Gasteiger partial charge in [0, 0.05) is 5.92 Å². The summed E-state index contributed by atoms with van der Waals surface area (Å²) in [5, 5.41) is 10.5. The molecule has 2 saturated heterocycles. The number of aryl methyl sites for hydroxylation is 2. The summed E-state index contributed by atoms with van der Waals surface area (Å²) in [6, 6.07) is 6.79. The molecule has 3 aliphatic rings. The number of aliphatic hydroxyl groups excluding tert-OH is 1. The van der Waals surface area contributed by atoms with Crippen molar-refractivity contribution in [1.29, 1.82) is 0 Å². The molecule has 1 aromatic rings. The molecule has 2 bridgehead atoms. The quantitative estimate of drug-likeness (QED) is 0.903. The van der Waals surface area contributed by atoms with Crippen LogP contribution in [0.2, 0.25) is 0 Å². The predicted octanol–water partition coefficient (Wildman–Crippen LogP) is 2.65. The molecular weight excluding hydrogens is 236 g/mol. The normalized spacial score (nSPS) is 33.6. The standard InChI is InChI=1S/C17H22O2/c18-16(15-10-14-6-7-17(15)19-14)9-11-4-5-12-2-1-3-13(12)8-11/h4-5,8,14-18H,1-3,6-7,9-10H2. The van der Waals surface area contributed by atoms with Crippen molar-refractivity contribution >= 4 is 0 Å². The van der Waals surface area contributed by atoms with Gasteiger partial charge < -0.3 is 9.84 Å². The molecule has 0 saturated carbocycles. The van der Waals surface area contributed by atoms with Gasteiger partial charge in [-0.15, -0.1) is 0 Å². The van der Waals surface area contributed by atoms with Crippen molar-refractivity contribution in [1.82, 2.24) is 0 Å². The van der Waals surface area contributed by atoms with Gasteiger partial charge in [0.25, 0.3) is 0 Å². The van der Waals surface area contributed by atoms with Crippen LogP contribution in [0.4, 0.5) is 0 Å². The van der Waals surface area contributed by atoms with Crippen LogP contribution in [0.1, 0.15) is 42.4 Å². The molecule has 1 aromatic carbocycles. The lowest BCUT2D eigenvalue weighted by Gasteiger charge is -2.24. The first-order valence-corrected chi connectivity index (χ1v) is 7.74. The predicted molar refractivity (Wildman–Crippen MR) is 74.2 cm³/mol. The summed E-state index contributed by atoms with van der Waals surface area (Å²) in [6.45, 7) is 0. The lowest BCUT2D eigenvalue weighted by molar-refractivity contribution is 0.0432. The molecule has 4 unspecified atom stereocenters. The Morgan fingerprint density at radius 1 is 1.21 bits per heavy atom. The molecule has 1 N–H and O–H groups in total. The number of fused-ring (bicyclic) bond motifs is 3. The lowest BCUT2D eigenvalue weighted by atomic mass is 9.83. The average molecular weight is 258 g/mol. The van der Waals surface area contributed by atoms with Gasteiger partial charge in [-0.3, -0.25) is 0 Å². The molecule has 102 valence electrons. The fourth-order valence-corrected chi connectivity index (χ4v) is 4.23. The monoisotopic (exact) mass is 258 g/mol. The SMILES string of the molecule is OC(Cc1ccc2c(c1)CCC2)C1CC2CCC1O2. The highest BCUT2D eigenvalue weighted by Crippen LogP contribution is 2.41. The minimum absolute atomic E-state index is 0.227. The summed E-state index contributed by atoms with van der Waals surface area (Å²) in [5.74, 6) is 0.368. The van der Waals surface area contributed by atoms with Crippen LogP contribution in [0.3, 0.4) is 0 Å². The molecule has 2 aliphatic heterocycles. The highest BCUT2D eigenvalue weighted by molar-refractivity contribution is 5.35. The maximum atomic E-state index is 10.5. The van der Waals surface area contributed by atoms with Crippen molar-refractivity contribution in [3.05, 3.63) is 34.9 Å². The third-order valence-electron chi connectivity index (χ3n) is 5.25. The number of hydrogen-bond acceptors (Lipinski definition) is 2. The Bertz CT molecular complexity index is 482. The van der Waals surface area contributed by atoms with Crippen LogP contribution in [-0.2, 0) is 24.0 Å². The van der Waals surface area contributed by atoms with E-state index in [1.165, 1.54) is 42.4 Å². The second-order valence-corrected chi connectivity index (χ2v) is 6.50. The van der Waals surface area contributed by atoms with E-state index in [9.17, 15) is 5.11 Å². The zero-order valence-corrected chi connectivity index (χ0v) is 11.3. The number of rotatable bonds is 3. The molecule has 4 atom stereocenters. The van der Waals surface area contributed by atoms with Crippen LogP contribution >= 0.6 is 0 Å². The Morgan fingerprint density at radius 3 is 2.89 bits per heavy atom. The van der Waals surface area contributed by atoms with Crippen molar-refractivity contribution in [2.24, 2.45) is 5.92 Å². The lowest BCUT2D eigenvalue weighted by Crippen LogP contribution is -2.31. The smallest absolute Gasteiger partial charge is 0.0634 e. The summed E-state index contributed by atoms with van der Waals surface area (Å²) in [5.41, 5.74) is 4.33. The Balaban J connectivity index is 1.46. The van der Waals surface area contributed by atoms with Gasteiger partial charge >= 0.3 is 0 Å². The maximum absolute atomic E-state index is 10.5. The van der Waals surface area contributed by atoms with E-state index in [0.29, 0.717) is 18.1 Å². The zero-order chi connectivity index (χ0) is 12.8. The Labute approximate surface area is 114 Å². The molecule has 1 aliphatic carbocycles. The summed E-state index contributed by atoms with van der Waals surface area (Å²) in [6.07, 6.45) is 8.50. The van der Waals surface area contributed by atoms with E-state index in [2.05, 4.69) is 18.2 Å². The molecule has 2 nitrogen and oxygen atoms in total. The van der Waals surface area contributed by atoms with E-state index in [4.69, 9.17) is 4.74 Å². The molecular formula is C17H22O2. The third kappa shape index (κ3) is 2.11. The van der Waals surface area contributed by atoms with Gasteiger partial charge in [0.15, 0.2) is 0 Å². The highest BCUT2D eigenvalue weighted by Gasteiger charge is 2.43. The van der Waals surface area contributed by atoms with E-state index in [0.717, 1.165) is 19.3 Å². The molecule has 2 fully saturated rings. The van der Waals surface area contributed by atoms with Gasteiger partial charge in [-0.1, -0.05) is 18.2 Å². The van der Waals surface area contributed by atoms with Crippen LogP contribution in [-0.4, -0.2) is 23.4 Å². The van der Waals surface area contributed by atoms with Gasteiger partial charge in [0.05, 0.1) is 18.3 Å². The van der Waals surface area contributed by atoms with Crippen LogP contribution in [0.25, 0.3) is 0 Å². The van der Waals surface area contributed by atoms with Crippen molar-refractivity contribution < 1.29 is 9.84 Å². The molecule has 0 amide bonds. The summed E-state index contributed by atoms with van der Waals surface area (Å²) in [4.78, 5) is 0.